The van der Waals surface area contributed by atoms with Crippen LogP contribution in [0.2, 0.25) is 0 Å². The van der Waals surface area contributed by atoms with E-state index in [4.69, 9.17) is 12.2 Å². The average molecular weight is 196 g/mol. The van der Waals surface area contributed by atoms with Gasteiger partial charge in [0, 0.05) is 13.1 Å². The van der Waals surface area contributed by atoms with Crippen LogP contribution in [0.15, 0.2) is 38.0 Å². The van der Waals surface area contributed by atoms with E-state index in [0.29, 0.717) is 0 Å². The predicted octanol–water partition coefficient (Wildman–Crippen LogP) is 1.72. The van der Waals surface area contributed by atoms with E-state index in [-0.39, 0.29) is 6.17 Å². The summed E-state index contributed by atoms with van der Waals surface area (Å²) in [4.78, 5) is 2.11. The third-order valence-electron chi connectivity index (χ3n) is 1.58. The van der Waals surface area contributed by atoms with E-state index < -0.39 is 0 Å². The van der Waals surface area contributed by atoms with E-state index in [0.717, 1.165) is 13.1 Å². The highest BCUT2D eigenvalue weighted by atomic mass is 32.1. The molecule has 1 N–H and O–H groups in total. The van der Waals surface area contributed by atoms with Gasteiger partial charge in [-0.05, 0) is 0 Å². The first-order chi connectivity index (χ1) is 6.29. The monoisotopic (exact) mass is 196 g/mol. The minimum absolute atomic E-state index is 0.0495. The fraction of sp³-hybridized carbons (Fsp3) is 0.300. The van der Waals surface area contributed by atoms with Gasteiger partial charge in [0.05, 0.1) is 11.7 Å². The smallest absolute Gasteiger partial charge is 0.0990 e. The SMILES string of the molecule is C=CCN(CC=C)C(C=C)NC=S. The molecule has 1 unspecified atom stereocenters. The highest BCUT2D eigenvalue weighted by Gasteiger charge is 2.09. The Morgan fingerprint density at radius 1 is 1.23 bits per heavy atom. The molecule has 0 aliphatic rings. The van der Waals surface area contributed by atoms with E-state index in [1.807, 2.05) is 12.2 Å². The fourth-order valence-electron chi connectivity index (χ4n) is 1.03. The van der Waals surface area contributed by atoms with Crippen LogP contribution in [0.25, 0.3) is 0 Å². The van der Waals surface area contributed by atoms with Gasteiger partial charge in [0.25, 0.3) is 0 Å². The zero-order valence-electron chi connectivity index (χ0n) is 7.78. The van der Waals surface area contributed by atoms with Gasteiger partial charge in [-0.1, -0.05) is 37.0 Å². The van der Waals surface area contributed by atoms with E-state index in [1.54, 1.807) is 6.08 Å². The maximum atomic E-state index is 4.72. The van der Waals surface area contributed by atoms with Crippen LogP contribution in [-0.4, -0.2) is 29.6 Å². The lowest BCUT2D eigenvalue weighted by molar-refractivity contribution is 0.269. The van der Waals surface area contributed by atoms with Crippen molar-refractivity contribution in [1.29, 1.82) is 0 Å². The van der Waals surface area contributed by atoms with Gasteiger partial charge in [-0.3, -0.25) is 4.90 Å². The summed E-state index contributed by atoms with van der Waals surface area (Å²) in [5, 5.41) is 3.00. The standard InChI is InChI=1S/C10H16N2S/c1-4-7-12(8-5-2)10(6-3)11-9-13/h4-6,9-10H,1-3,7-8H2,(H,11,13). The molecule has 72 valence electrons. The van der Waals surface area contributed by atoms with Crippen molar-refractivity contribution in [3.05, 3.63) is 38.0 Å². The van der Waals surface area contributed by atoms with Gasteiger partial charge in [-0.2, -0.15) is 0 Å². The van der Waals surface area contributed by atoms with Crippen molar-refractivity contribution in [2.24, 2.45) is 0 Å². The number of hydrogen-bond acceptors (Lipinski definition) is 2. The molecule has 0 spiro atoms. The lowest BCUT2D eigenvalue weighted by atomic mass is 10.3. The summed E-state index contributed by atoms with van der Waals surface area (Å²) in [5.41, 5.74) is 1.49. The van der Waals surface area contributed by atoms with E-state index in [1.165, 1.54) is 5.49 Å². The number of hydrogen-bond donors (Lipinski definition) is 1. The Morgan fingerprint density at radius 3 is 2.08 bits per heavy atom. The van der Waals surface area contributed by atoms with Crippen molar-refractivity contribution in [3.63, 3.8) is 0 Å². The van der Waals surface area contributed by atoms with Crippen molar-refractivity contribution in [1.82, 2.24) is 10.2 Å². The molecule has 2 nitrogen and oxygen atoms in total. The minimum Gasteiger partial charge on any atom is -0.363 e. The molecule has 3 heteroatoms. The summed E-state index contributed by atoms with van der Waals surface area (Å²) in [7, 11) is 0. The van der Waals surface area contributed by atoms with Crippen LogP contribution in [0.5, 0.6) is 0 Å². The van der Waals surface area contributed by atoms with E-state index >= 15 is 0 Å². The van der Waals surface area contributed by atoms with Crippen LogP contribution < -0.4 is 5.32 Å². The molecule has 0 aromatic heterocycles. The predicted molar refractivity (Wildman–Crippen MR) is 62.7 cm³/mol. The van der Waals surface area contributed by atoms with Crippen molar-refractivity contribution in [2.45, 2.75) is 6.17 Å². The Morgan fingerprint density at radius 2 is 1.77 bits per heavy atom. The maximum absolute atomic E-state index is 4.72. The number of nitrogens with one attached hydrogen (secondary N) is 1. The lowest BCUT2D eigenvalue weighted by Gasteiger charge is -2.26. The van der Waals surface area contributed by atoms with Gasteiger partial charge < -0.3 is 5.32 Å². The van der Waals surface area contributed by atoms with Gasteiger partial charge in [0.15, 0.2) is 0 Å². The van der Waals surface area contributed by atoms with Crippen LogP contribution in [0.1, 0.15) is 0 Å². The minimum atomic E-state index is 0.0495. The Bertz CT molecular complexity index is 179. The molecule has 0 bridgehead atoms. The highest BCUT2D eigenvalue weighted by Crippen LogP contribution is 1.97. The summed E-state index contributed by atoms with van der Waals surface area (Å²) < 4.78 is 0. The van der Waals surface area contributed by atoms with Crippen LogP contribution in [0, 0.1) is 0 Å². The number of nitrogens with zero attached hydrogens (tertiary/aromatic N) is 1. The highest BCUT2D eigenvalue weighted by molar-refractivity contribution is 7.78. The van der Waals surface area contributed by atoms with Crippen LogP contribution >= 0.6 is 12.2 Å². The number of thiocarbonyl (C=S) groups is 1. The summed E-state index contributed by atoms with van der Waals surface area (Å²) in [6, 6.07) is 0. The second-order valence-electron chi connectivity index (χ2n) is 2.50. The summed E-state index contributed by atoms with van der Waals surface area (Å²) in [5.74, 6) is 0. The van der Waals surface area contributed by atoms with E-state index in [2.05, 4.69) is 30.0 Å². The molecule has 0 saturated heterocycles. The Labute approximate surface area is 85.6 Å². The molecule has 0 radical (unpaired) electrons. The molecule has 0 rings (SSSR count). The van der Waals surface area contributed by atoms with Crippen molar-refractivity contribution < 1.29 is 0 Å². The van der Waals surface area contributed by atoms with Crippen molar-refractivity contribution in [2.75, 3.05) is 13.1 Å². The molecule has 1 atom stereocenters. The third kappa shape index (κ3) is 4.60. The Balaban J connectivity index is 4.25. The third-order valence-corrected chi connectivity index (χ3v) is 1.72. The van der Waals surface area contributed by atoms with Gasteiger partial charge >= 0.3 is 0 Å². The zero-order chi connectivity index (χ0) is 10.1. The molecule has 0 fully saturated rings. The summed E-state index contributed by atoms with van der Waals surface area (Å²) >= 11 is 4.72. The van der Waals surface area contributed by atoms with Crippen LogP contribution in [0.4, 0.5) is 0 Å². The fourth-order valence-corrected chi connectivity index (χ4v) is 1.16. The summed E-state index contributed by atoms with van der Waals surface area (Å²) in [6.45, 7) is 12.6. The second-order valence-corrected chi connectivity index (χ2v) is 2.73. The van der Waals surface area contributed by atoms with Crippen molar-refractivity contribution in [3.8, 4) is 0 Å². The largest absolute Gasteiger partial charge is 0.363 e. The molecular formula is C10H16N2S. The van der Waals surface area contributed by atoms with Gasteiger partial charge in [0.2, 0.25) is 0 Å². The normalized spacial score (nSPS) is 11.8. The molecule has 0 aromatic rings. The number of rotatable bonds is 8. The van der Waals surface area contributed by atoms with Crippen molar-refractivity contribution >= 4 is 17.7 Å². The first kappa shape index (κ1) is 12.1. The van der Waals surface area contributed by atoms with Crippen LogP contribution in [0.3, 0.4) is 0 Å². The van der Waals surface area contributed by atoms with Crippen LogP contribution in [-0.2, 0) is 0 Å². The molecular weight excluding hydrogens is 180 g/mol. The van der Waals surface area contributed by atoms with Gasteiger partial charge in [-0.15, -0.1) is 13.2 Å². The first-order valence-electron chi connectivity index (χ1n) is 4.08. The Kier molecular flexibility index (Phi) is 7.15. The topological polar surface area (TPSA) is 15.3 Å². The van der Waals surface area contributed by atoms with E-state index in [9.17, 15) is 0 Å². The zero-order valence-corrected chi connectivity index (χ0v) is 8.59. The molecule has 0 heterocycles. The lowest BCUT2D eigenvalue weighted by Crippen LogP contribution is -2.43. The second kappa shape index (κ2) is 7.71. The average Bonchev–Trinajstić information content (AvgIpc) is 2.14. The maximum Gasteiger partial charge on any atom is 0.0990 e. The molecule has 0 aliphatic carbocycles. The molecule has 0 saturated carbocycles. The molecule has 0 aromatic carbocycles. The van der Waals surface area contributed by atoms with Gasteiger partial charge in [0.1, 0.15) is 0 Å². The Hall–Kier alpha value is -0.930. The first-order valence-corrected chi connectivity index (χ1v) is 4.55. The van der Waals surface area contributed by atoms with Gasteiger partial charge in [-0.25, -0.2) is 0 Å². The molecule has 0 aliphatic heterocycles. The summed E-state index contributed by atoms with van der Waals surface area (Å²) in [6.07, 6.45) is 5.53. The quantitative estimate of drug-likeness (QED) is 0.361. The molecule has 0 amide bonds. The molecule has 13 heavy (non-hydrogen) atoms.